The summed E-state index contributed by atoms with van der Waals surface area (Å²) < 4.78 is 17.6. The second-order valence-corrected chi connectivity index (χ2v) is 4.39. The van der Waals surface area contributed by atoms with Crippen LogP contribution in [-0.4, -0.2) is 8.76 Å². The number of rotatable bonds is 1. The third kappa shape index (κ3) is 5.98. The lowest BCUT2D eigenvalue weighted by atomic mass is 9.97. The first-order valence-corrected chi connectivity index (χ1v) is 6.61. The van der Waals surface area contributed by atoms with E-state index in [9.17, 15) is 0 Å². The molecule has 19 heavy (non-hydrogen) atoms. The number of benzene rings is 2. The van der Waals surface area contributed by atoms with Gasteiger partial charge in [-0.25, -0.2) is 0 Å². The molecule has 0 bridgehead atoms. The summed E-state index contributed by atoms with van der Waals surface area (Å²) in [5, 5.41) is 4.03. The molecule has 2 N–H and O–H groups in total. The standard InChI is InChI=1S/C14H14.ClH.H3NO2S/c1-11-7-6-10-14(12(11)2)13-8-4-3-5-9-13;;1-4(2)3/h3-10H,1-2H3;1H;1H2,(H,2,3)/p-1. The number of hydrogen-bond donors (Lipinski definition) is 1. The van der Waals surface area contributed by atoms with E-state index in [1.807, 2.05) is 0 Å². The predicted octanol–water partition coefficient (Wildman–Crippen LogP) is 3.13. The van der Waals surface area contributed by atoms with Crippen LogP contribution in [0.1, 0.15) is 11.1 Å². The van der Waals surface area contributed by atoms with Crippen LogP contribution < -0.4 is 5.14 Å². The van der Waals surface area contributed by atoms with Gasteiger partial charge in [-0.2, -0.15) is 0 Å². The van der Waals surface area contributed by atoms with Gasteiger partial charge in [-0.3, -0.25) is 9.35 Å². The van der Waals surface area contributed by atoms with E-state index in [0.29, 0.717) is 0 Å². The van der Waals surface area contributed by atoms with E-state index >= 15 is 0 Å². The summed E-state index contributed by atoms with van der Waals surface area (Å²) in [6.07, 6.45) is 0. The molecule has 0 spiro atoms. The Bertz CT molecular complexity index is 528. The molecule has 0 saturated heterocycles. The molecule has 0 saturated carbocycles. The summed E-state index contributed by atoms with van der Waals surface area (Å²) in [7, 11) is 0. The lowest BCUT2D eigenvalue weighted by Gasteiger charge is -2.07. The van der Waals surface area contributed by atoms with E-state index in [1.54, 1.807) is 0 Å². The molecule has 2 aromatic carbocycles. The molecular weight excluding hydrogens is 282 g/mol. The summed E-state index contributed by atoms with van der Waals surface area (Å²) >= 11 is -2.36. The number of nitrogens with two attached hydrogens (primary N) is 1. The average Bonchev–Trinajstić information content (AvgIpc) is 2.33. The highest BCUT2D eigenvalue weighted by Gasteiger charge is 2.01. The van der Waals surface area contributed by atoms with Gasteiger partial charge in [0.2, 0.25) is 0 Å². The minimum absolute atomic E-state index is 0. The van der Waals surface area contributed by atoms with E-state index in [4.69, 9.17) is 8.76 Å². The fraction of sp³-hybridized carbons (Fsp3) is 0.143. The molecule has 0 heterocycles. The molecule has 1 unspecified atom stereocenters. The summed E-state index contributed by atoms with van der Waals surface area (Å²) in [5.41, 5.74) is 5.37. The van der Waals surface area contributed by atoms with Crippen molar-refractivity contribution in [3.05, 3.63) is 59.7 Å². The fourth-order valence-electron chi connectivity index (χ4n) is 1.68. The molecule has 2 rings (SSSR count). The van der Waals surface area contributed by atoms with Crippen molar-refractivity contribution in [2.45, 2.75) is 13.8 Å². The van der Waals surface area contributed by atoms with Gasteiger partial charge in [0.05, 0.1) is 0 Å². The molecule has 5 heteroatoms. The Morgan fingerprint density at radius 1 is 1.00 bits per heavy atom. The zero-order valence-electron chi connectivity index (χ0n) is 10.8. The molecule has 3 nitrogen and oxygen atoms in total. The minimum atomic E-state index is -2.36. The normalized spacial score (nSPS) is 10.7. The molecule has 0 aliphatic carbocycles. The van der Waals surface area contributed by atoms with Crippen molar-refractivity contribution in [3.63, 3.8) is 0 Å². The van der Waals surface area contributed by atoms with Crippen LogP contribution in [-0.2, 0) is 11.3 Å². The highest BCUT2D eigenvalue weighted by atomic mass is 35.5. The minimum Gasteiger partial charge on any atom is -0.760 e. The van der Waals surface area contributed by atoms with Crippen LogP contribution in [0.2, 0.25) is 0 Å². The second-order valence-electron chi connectivity index (χ2n) is 3.87. The van der Waals surface area contributed by atoms with Gasteiger partial charge in [-0.15, -0.1) is 12.4 Å². The van der Waals surface area contributed by atoms with Crippen molar-refractivity contribution < 1.29 is 8.76 Å². The summed E-state index contributed by atoms with van der Waals surface area (Å²) in [6.45, 7) is 4.33. The Morgan fingerprint density at radius 3 is 2.05 bits per heavy atom. The first kappa shape index (κ1) is 17.8. The Balaban J connectivity index is 0.000000576. The Labute approximate surface area is 122 Å². The second kappa shape index (κ2) is 8.82. The van der Waals surface area contributed by atoms with E-state index in [2.05, 4.69) is 67.5 Å². The maximum Gasteiger partial charge on any atom is 0.0152 e. The van der Waals surface area contributed by atoms with E-state index in [1.165, 1.54) is 22.3 Å². The fourth-order valence-corrected chi connectivity index (χ4v) is 1.68. The molecule has 2 aromatic rings. The van der Waals surface area contributed by atoms with Crippen LogP contribution in [0.15, 0.2) is 48.5 Å². The summed E-state index contributed by atoms with van der Waals surface area (Å²) in [5.74, 6) is 0. The zero-order chi connectivity index (χ0) is 13.5. The molecule has 0 radical (unpaired) electrons. The third-order valence-corrected chi connectivity index (χ3v) is 2.69. The van der Waals surface area contributed by atoms with Crippen LogP contribution in [0.3, 0.4) is 0 Å². The maximum absolute atomic E-state index is 8.78. The predicted molar refractivity (Wildman–Crippen MR) is 81.7 cm³/mol. The van der Waals surface area contributed by atoms with E-state index < -0.39 is 11.3 Å². The van der Waals surface area contributed by atoms with Crippen molar-refractivity contribution in [1.82, 2.24) is 0 Å². The molecule has 0 aliphatic rings. The topological polar surface area (TPSA) is 66.2 Å². The average molecular weight is 299 g/mol. The molecule has 104 valence electrons. The first-order valence-electron chi connectivity index (χ1n) is 5.47. The van der Waals surface area contributed by atoms with Crippen molar-refractivity contribution in [2.75, 3.05) is 0 Å². The van der Waals surface area contributed by atoms with E-state index in [0.717, 1.165) is 0 Å². The van der Waals surface area contributed by atoms with Crippen molar-refractivity contribution in [3.8, 4) is 11.1 Å². The smallest absolute Gasteiger partial charge is 0.0152 e. The summed E-state index contributed by atoms with van der Waals surface area (Å²) in [4.78, 5) is 0. The Hall–Kier alpha value is -1.20. The third-order valence-electron chi connectivity index (χ3n) is 2.69. The summed E-state index contributed by atoms with van der Waals surface area (Å²) in [6, 6.07) is 17.0. The van der Waals surface area contributed by atoms with Crippen LogP contribution in [0.25, 0.3) is 11.1 Å². The lowest BCUT2D eigenvalue weighted by Crippen LogP contribution is -1.97. The van der Waals surface area contributed by atoms with Crippen molar-refractivity contribution >= 4 is 23.7 Å². The largest absolute Gasteiger partial charge is 0.760 e. The van der Waals surface area contributed by atoms with Crippen molar-refractivity contribution in [2.24, 2.45) is 5.14 Å². The van der Waals surface area contributed by atoms with Gasteiger partial charge in [0.25, 0.3) is 0 Å². The number of hydrogen-bond acceptors (Lipinski definition) is 2. The monoisotopic (exact) mass is 298 g/mol. The van der Waals surface area contributed by atoms with Crippen LogP contribution >= 0.6 is 12.4 Å². The molecule has 0 fully saturated rings. The number of aryl methyl sites for hydroxylation is 1. The molecule has 1 atom stereocenters. The maximum atomic E-state index is 8.78. The SMILES string of the molecule is Cc1cccc(-c2ccccc2)c1C.Cl.NS(=O)[O-]. The van der Waals surface area contributed by atoms with Crippen LogP contribution in [0.5, 0.6) is 0 Å². The van der Waals surface area contributed by atoms with Gasteiger partial charge < -0.3 is 4.55 Å². The molecule has 0 aliphatic heterocycles. The zero-order valence-corrected chi connectivity index (χ0v) is 12.5. The molecule has 0 aromatic heterocycles. The highest BCUT2D eigenvalue weighted by Crippen LogP contribution is 2.24. The Kier molecular flexibility index (Phi) is 8.27. The van der Waals surface area contributed by atoms with Crippen molar-refractivity contribution in [1.29, 1.82) is 0 Å². The molecule has 0 amide bonds. The Morgan fingerprint density at radius 2 is 1.53 bits per heavy atom. The van der Waals surface area contributed by atoms with Crippen LogP contribution in [0, 0.1) is 13.8 Å². The quantitative estimate of drug-likeness (QED) is 0.822. The number of halogens is 1. The van der Waals surface area contributed by atoms with Crippen LogP contribution in [0.4, 0.5) is 0 Å². The lowest BCUT2D eigenvalue weighted by molar-refractivity contribution is 0.539. The highest BCUT2D eigenvalue weighted by molar-refractivity contribution is 7.76. The van der Waals surface area contributed by atoms with Gasteiger partial charge in [-0.1, -0.05) is 48.5 Å². The van der Waals surface area contributed by atoms with Gasteiger partial charge in [-0.05, 0) is 36.1 Å². The van der Waals surface area contributed by atoms with Gasteiger partial charge in [0.15, 0.2) is 0 Å². The molecular formula is C14H17ClNO2S-. The van der Waals surface area contributed by atoms with Gasteiger partial charge >= 0.3 is 0 Å². The van der Waals surface area contributed by atoms with Gasteiger partial charge in [0.1, 0.15) is 0 Å². The van der Waals surface area contributed by atoms with E-state index in [-0.39, 0.29) is 12.4 Å². The first-order chi connectivity index (χ1) is 8.52. The van der Waals surface area contributed by atoms with Gasteiger partial charge in [0, 0.05) is 11.3 Å².